The summed E-state index contributed by atoms with van der Waals surface area (Å²) in [5.41, 5.74) is 1.79. The molecule has 3 saturated heterocycles. The van der Waals surface area contributed by atoms with E-state index in [1.54, 1.807) is 7.11 Å². The number of methoxy groups -OCH3 is 2. The largest absolute Gasteiger partial charge is 0.495 e. The molecule has 0 aromatic heterocycles. The van der Waals surface area contributed by atoms with Gasteiger partial charge in [-0.3, -0.25) is 4.90 Å². The third kappa shape index (κ3) is 4.32. The molecule has 3 aliphatic rings. The lowest BCUT2D eigenvalue weighted by atomic mass is 9.79. The summed E-state index contributed by atoms with van der Waals surface area (Å²) in [6.07, 6.45) is 6.67. The third-order valence-electron chi connectivity index (χ3n) is 7.23. The highest BCUT2D eigenvalue weighted by Crippen LogP contribution is 2.41. The average molecular weight is 388 g/mol. The SMILES string of the molecule is COCCN1CCCC2(CCN(C3CCN(c4ccccc4OC)CC3)C2)C1. The number of rotatable bonds is 6. The summed E-state index contributed by atoms with van der Waals surface area (Å²) in [4.78, 5) is 7.97. The Hall–Kier alpha value is -1.30. The van der Waals surface area contributed by atoms with Crippen molar-refractivity contribution < 1.29 is 9.47 Å². The summed E-state index contributed by atoms with van der Waals surface area (Å²) in [5.74, 6) is 0.999. The number of para-hydroxylation sites is 2. The van der Waals surface area contributed by atoms with Crippen LogP contribution in [0, 0.1) is 5.41 Å². The predicted molar refractivity (Wildman–Crippen MR) is 114 cm³/mol. The summed E-state index contributed by atoms with van der Waals surface area (Å²) in [5, 5.41) is 0. The van der Waals surface area contributed by atoms with Crippen LogP contribution in [0.5, 0.6) is 5.75 Å². The van der Waals surface area contributed by atoms with Gasteiger partial charge >= 0.3 is 0 Å². The van der Waals surface area contributed by atoms with Crippen molar-refractivity contribution in [1.82, 2.24) is 9.80 Å². The highest BCUT2D eigenvalue weighted by Gasteiger charge is 2.43. The first kappa shape index (κ1) is 20.0. The van der Waals surface area contributed by atoms with Crippen LogP contribution in [-0.2, 0) is 4.74 Å². The normalized spacial score (nSPS) is 27.6. The van der Waals surface area contributed by atoms with Crippen LogP contribution >= 0.6 is 0 Å². The lowest BCUT2D eigenvalue weighted by Crippen LogP contribution is -2.48. The Morgan fingerprint density at radius 2 is 1.82 bits per heavy atom. The molecular weight excluding hydrogens is 350 g/mol. The molecule has 4 rings (SSSR count). The summed E-state index contributed by atoms with van der Waals surface area (Å²) < 4.78 is 10.9. The maximum absolute atomic E-state index is 5.57. The molecule has 3 fully saturated rings. The van der Waals surface area contributed by atoms with E-state index in [-0.39, 0.29) is 0 Å². The fraction of sp³-hybridized carbons (Fsp3) is 0.739. The maximum atomic E-state index is 5.57. The topological polar surface area (TPSA) is 28.2 Å². The number of likely N-dealkylation sites (tertiary alicyclic amines) is 2. The lowest BCUT2D eigenvalue weighted by Gasteiger charge is -2.42. The average Bonchev–Trinajstić information content (AvgIpc) is 3.15. The van der Waals surface area contributed by atoms with Gasteiger partial charge in [-0.05, 0) is 62.7 Å². The van der Waals surface area contributed by atoms with Gasteiger partial charge in [0.25, 0.3) is 0 Å². The minimum Gasteiger partial charge on any atom is -0.495 e. The monoisotopic (exact) mass is 387 g/mol. The molecule has 0 saturated carbocycles. The summed E-state index contributed by atoms with van der Waals surface area (Å²) in [6, 6.07) is 9.19. The summed E-state index contributed by atoms with van der Waals surface area (Å²) in [7, 11) is 3.59. The van der Waals surface area contributed by atoms with Crippen molar-refractivity contribution in [3.63, 3.8) is 0 Å². The molecule has 1 aromatic rings. The zero-order chi connectivity index (χ0) is 19.4. The van der Waals surface area contributed by atoms with Gasteiger partial charge in [0.05, 0.1) is 19.4 Å². The van der Waals surface area contributed by atoms with E-state index in [4.69, 9.17) is 9.47 Å². The van der Waals surface area contributed by atoms with Crippen LogP contribution in [0.2, 0.25) is 0 Å². The second-order valence-corrected chi connectivity index (χ2v) is 8.98. The van der Waals surface area contributed by atoms with E-state index in [2.05, 4.69) is 39.0 Å². The van der Waals surface area contributed by atoms with E-state index in [0.717, 1.165) is 38.0 Å². The number of anilines is 1. The Morgan fingerprint density at radius 3 is 2.61 bits per heavy atom. The van der Waals surface area contributed by atoms with E-state index in [0.29, 0.717) is 5.41 Å². The molecule has 1 atom stereocenters. The van der Waals surface area contributed by atoms with Crippen LogP contribution in [0.1, 0.15) is 32.1 Å². The Kier molecular flexibility index (Phi) is 6.44. The summed E-state index contributed by atoms with van der Waals surface area (Å²) >= 11 is 0. The molecule has 3 aliphatic heterocycles. The van der Waals surface area contributed by atoms with Gasteiger partial charge in [0.1, 0.15) is 5.75 Å². The zero-order valence-corrected chi connectivity index (χ0v) is 17.7. The number of hydrogen-bond donors (Lipinski definition) is 0. The van der Waals surface area contributed by atoms with Crippen molar-refractivity contribution >= 4 is 5.69 Å². The third-order valence-corrected chi connectivity index (χ3v) is 7.23. The molecule has 28 heavy (non-hydrogen) atoms. The molecule has 0 bridgehead atoms. The highest BCUT2D eigenvalue weighted by molar-refractivity contribution is 5.58. The molecule has 0 radical (unpaired) electrons. The number of benzene rings is 1. The van der Waals surface area contributed by atoms with Crippen LogP contribution in [0.3, 0.4) is 0 Å². The van der Waals surface area contributed by atoms with Crippen molar-refractivity contribution in [1.29, 1.82) is 0 Å². The smallest absolute Gasteiger partial charge is 0.142 e. The molecular formula is C23H37N3O2. The van der Waals surface area contributed by atoms with Gasteiger partial charge in [0, 0.05) is 45.9 Å². The van der Waals surface area contributed by atoms with Crippen molar-refractivity contribution in [2.24, 2.45) is 5.41 Å². The fourth-order valence-electron chi connectivity index (χ4n) is 5.70. The Labute approximate surface area is 170 Å². The maximum Gasteiger partial charge on any atom is 0.142 e. The first-order chi connectivity index (χ1) is 13.7. The minimum absolute atomic E-state index is 0.534. The Bertz CT molecular complexity index is 632. The van der Waals surface area contributed by atoms with E-state index in [9.17, 15) is 0 Å². The molecule has 156 valence electrons. The van der Waals surface area contributed by atoms with Gasteiger partial charge in [-0.25, -0.2) is 0 Å². The predicted octanol–water partition coefficient (Wildman–Crippen LogP) is 3.10. The van der Waals surface area contributed by atoms with E-state index < -0.39 is 0 Å². The second-order valence-electron chi connectivity index (χ2n) is 8.98. The molecule has 0 amide bonds. The second kappa shape index (κ2) is 9.02. The van der Waals surface area contributed by atoms with Crippen molar-refractivity contribution in [2.45, 2.75) is 38.1 Å². The minimum atomic E-state index is 0.534. The number of ether oxygens (including phenoxy) is 2. The van der Waals surface area contributed by atoms with Crippen LogP contribution in [-0.4, -0.2) is 82.5 Å². The molecule has 3 heterocycles. The first-order valence-corrected chi connectivity index (χ1v) is 11.1. The van der Waals surface area contributed by atoms with Gasteiger partial charge in [0.2, 0.25) is 0 Å². The fourth-order valence-corrected chi connectivity index (χ4v) is 5.70. The summed E-state index contributed by atoms with van der Waals surface area (Å²) in [6.45, 7) is 9.34. The molecule has 0 aliphatic carbocycles. The van der Waals surface area contributed by atoms with Gasteiger partial charge in [-0.2, -0.15) is 0 Å². The Balaban J connectivity index is 1.31. The van der Waals surface area contributed by atoms with Crippen LogP contribution in [0.25, 0.3) is 0 Å². The van der Waals surface area contributed by atoms with Gasteiger partial charge < -0.3 is 19.3 Å². The number of piperidine rings is 2. The molecule has 1 aromatic carbocycles. The lowest BCUT2D eigenvalue weighted by molar-refractivity contribution is 0.0626. The molecule has 5 nitrogen and oxygen atoms in total. The molecule has 0 N–H and O–H groups in total. The first-order valence-electron chi connectivity index (χ1n) is 11.1. The van der Waals surface area contributed by atoms with Gasteiger partial charge in [-0.1, -0.05) is 12.1 Å². The van der Waals surface area contributed by atoms with Crippen LogP contribution in [0.15, 0.2) is 24.3 Å². The van der Waals surface area contributed by atoms with Crippen LogP contribution in [0.4, 0.5) is 5.69 Å². The van der Waals surface area contributed by atoms with Gasteiger partial charge in [-0.15, -0.1) is 0 Å². The van der Waals surface area contributed by atoms with Crippen molar-refractivity contribution in [2.75, 3.05) is 71.5 Å². The molecule has 1 unspecified atom stereocenters. The zero-order valence-electron chi connectivity index (χ0n) is 17.7. The Morgan fingerprint density at radius 1 is 1.00 bits per heavy atom. The number of hydrogen-bond acceptors (Lipinski definition) is 5. The van der Waals surface area contributed by atoms with E-state index >= 15 is 0 Å². The van der Waals surface area contributed by atoms with Gasteiger partial charge in [0.15, 0.2) is 0 Å². The van der Waals surface area contributed by atoms with E-state index in [1.807, 2.05) is 7.11 Å². The number of nitrogens with zero attached hydrogens (tertiary/aromatic N) is 3. The quantitative estimate of drug-likeness (QED) is 0.748. The van der Waals surface area contributed by atoms with Crippen molar-refractivity contribution in [3.05, 3.63) is 24.3 Å². The highest BCUT2D eigenvalue weighted by atomic mass is 16.5. The molecule has 5 heteroatoms. The van der Waals surface area contributed by atoms with Crippen LogP contribution < -0.4 is 9.64 Å². The van der Waals surface area contributed by atoms with E-state index in [1.165, 1.54) is 64.0 Å². The molecule has 1 spiro atoms. The van der Waals surface area contributed by atoms with Crippen molar-refractivity contribution in [3.8, 4) is 5.75 Å². The standard InChI is InChI=1S/C23H37N3O2/c1-27-17-16-24-12-5-10-23(18-24)11-15-26(19-23)20-8-13-25(14-9-20)21-6-3-4-7-22(21)28-2/h3-4,6-7,20H,5,8-19H2,1-2H3.